The Balaban J connectivity index is 2.78. The van der Waals surface area contributed by atoms with Crippen molar-refractivity contribution < 1.29 is 4.79 Å². The molecule has 0 aliphatic rings. The summed E-state index contributed by atoms with van der Waals surface area (Å²) in [6.45, 7) is 5.66. The third kappa shape index (κ3) is 5.21. The number of halogens is 2. The van der Waals surface area contributed by atoms with Gasteiger partial charge in [-0.3, -0.25) is 9.69 Å². The van der Waals surface area contributed by atoms with Crippen LogP contribution < -0.4 is 5.73 Å². The van der Waals surface area contributed by atoms with Gasteiger partial charge in [0.05, 0.1) is 6.54 Å². The van der Waals surface area contributed by atoms with Crippen molar-refractivity contribution in [2.24, 2.45) is 11.7 Å². The first kappa shape index (κ1) is 15.2. The maximum absolute atomic E-state index is 11.0. The lowest BCUT2D eigenvalue weighted by molar-refractivity contribution is -0.119. The molecule has 100 valence electrons. The van der Waals surface area contributed by atoms with Crippen molar-refractivity contribution in [2.75, 3.05) is 13.1 Å². The average Bonchev–Trinajstić information content (AvgIpc) is 2.20. The van der Waals surface area contributed by atoms with Gasteiger partial charge in [0.1, 0.15) is 10.3 Å². The molecule has 0 bridgehead atoms. The first-order valence-corrected chi connectivity index (χ1v) is 6.45. The molecule has 1 rings (SSSR count). The van der Waals surface area contributed by atoms with Crippen molar-refractivity contribution in [3.05, 3.63) is 28.0 Å². The summed E-state index contributed by atoms with van der Waals surface area (Å²) in [4.78, 5) is 17.0. The topological polar surface area (TPSA) is 59.2 Å². The SMILES string of the molecule is CC(C)CN(CC(N)=O)Cc1ccc(Cl)nc1Cl. The van der Waals surface area contributed by atoms with Gasteiger partial charge in [-0.2, -0.15) is 0 Å². The largest absolute Gasteiger partial charge is 0.369 e. The van der Waals surface area contributed by atoms with E-state index in [4.69, 9.17) is 28.9 Å². The number of primary amides is 1. The van der Waals surface area contributed by atoms with E-state index in [9.17, 15) is 4.79 Å². The molecule has 4 nitrogen and oxygen atoms in total. The molecule has 1 amide bonds. The smallest absolute Gasteiger partial charge is 0.231 e. The predicted octanol–water partition coefficient (Wildman–Crippen LogP) is 2.33. The normalized spacial score (nSPS) is 11.2. The van der Waals surface area contributed by atoms with E-state index >= 15 is 0 Å². The lowest BCUT2D eigenvalue weighted by Crippen LogP contribution is -2.35. The van der Waals surface area contributed by atoms with Crippen molar-refractivity contribution >= 4 is 29.1 Å². The van der Waals surface area contributed by atoms with Gasteiger partial charge in [0.2, 0.25) is 5.91 Å². The van der Waals surface area contributed by atoms with Crippen LogP contribution in [0.4, 0.5) is 0 Å². The molecule has 1 aromatic rings. The molecule has 0 radical (unpaired) electrons. The van der Waals surface area contributed by atoms with Crippen LogP contribution in [0.2, 0.25) is 10.3 Å². The van der Waals surface area contributed by atoms with Crippen LogP contribution in [-0.4, -0.2) is 28.9 Å². The van der Waals surface area contributed by atoms with Crippen molar-refractivity contribution in [1.82, 2.24) is 9.88 Å². The second-order valence-electron chi connectivity index (χ2n) is 4.61. The van der Waals surface area contributed by atoms with E-state index in [0.29, 0.717) is 22.8 Å². The third-order valence-corrected chi connectivity index (χ3v) is 2.83. The van der Waals surface area contributed by atoms with Gasteiger partial charge in [-0.05, 0) is 12.0 Å². The maximum Gasteiger partial charge on any atom is 0.231 e. The lowest BCUT2D eigenvalue weighted by atomic mass is 10.2. The van der Waals surface area contributed by atoms with E-state index in [1.165, 1.54) is 0 Å². The van der Waals surface area contributed by atoms with Crippen molar-refractivity contribution in [2.45, 2.75) is 20.4 Å². The Morgan fingerprint density at radius 1 is 1.44 bits per heavy atom. The fourth-order valence-electron chi connectivity index (χ4n) is 1.72. The average molecular weight is 290 g/mol. The Bertz CT molecular complexity index is 424. The Labute approximate surface area is 117 Å². The van der Waals surface area contributed by atoms with Crippen LogP contribution in [0.5, 0.6) is 0 Å². The highest BCUT2D eigenvalue weighted by Gasteiger charge is 2.13. The van der Waals surface area contributed by atoms with E-state index in [-0.39, 0.29) is 12.5 Å². The number of carbonyl (C=O) groups excluding carboxylic acids is 1. The first-order chi connectivity index (χ1) is 8.38. The highest BCUT2D eigenvalue weighted by Crippen LogP contribution is 2.18. The summed E-state index contributed by atoms with van der Waals surface area (Å²) in [5, 5.41) is 0.717. The number of amides is 1. The molecule has 0 atom stereocenters. The van der Waals surface area contributed by atoms with E-state index in [1.807, 2.05) is 11.0 Å². The van der Waals surface area contributed by atoms with Crippen LogP contribution in [-0.2, 0) is 11.3 Å². The van der Waals surface area contributed by atoms with Gasteiger partial charge >= 0.3 is 0 Å². The van der Waals surface area contributed by atoms with Gasteiger partial charge in [-0.15, -0.1) is 0 Å². The van der Waals surface area contributed by atoms with Crippen molar-refractivity contribution in [1.29, 1.82) is 0 Å². The summed E-state index contributed by atoms with van der Waals surface area (Å²) in [5.41, 5.74) is 6.07. The summed E-state index contributed by atoms with van der Waals surface area (Å²) >= 11 is 11.7. The third-order valence-electron chi connectivity index (χ3n) is 2.29. The van der Waals surface area contributed by atoms with Gasteiger partial charge in [0.25, 0.3) is 0 Å². The molecule has 0 saturated heterocycles. The second kappa shape index (κ2) is 6.92. The van der Waals surface area contributed by atoms with Crippen LogP contribution >= 0.6 is 23.2 Å². The van der Waals surface area contributed by atoms with Crippen LogP contribution in [0, 0.1) is 5.92 Å². The number of hydrogen-bond acceptors (Lipinski definition) is 3. The molecular weight excluding hydrogens is 273 g/mol. The summed E-state index contributed by atoms with van der Waals surface area (Å²) in [6.07, 6.45) is 0. The number of nitrogens with two attached hydrogens (primary N) is 1. The molecule has 1 heterocycles. The van der Waals surface area contributed by atoms with E-state index < -0.39 is 0 Å². The standard InChI is InChI=1S/C12H17Cl2N3O/c1-8(2)5-17(7-11(15)18)6-9-3-4-10(13)16-12(9)14/h3-4,8H,5-7H2,1-2H3,(H2,15,18). The van der Waals surface area contributed by atoms with Crippen molar-refractivity contribution in [3.63, 3.8) is 0 Å². The Morgan fingerprint density at radius 3 is 2.61 bits per heavy atom. The molecule has 0 fully saturated rings. The Morgan fingerprint density at radius 2 is 2.11 bits per heavy atom. The van der Waals surface area contributed by atoms with Crippen LogP contribution in [0.25, 0.3) is 0 Å². The summed E-state index contributed by atoms with van der Waals surface area (Å²) < 4.78 is 0. The van der Waals surface area contributed by atoms with Gasteiger partial charge in [-0.25, -0.2) is 4.98 Å². The molecule has 6 heteroatoms. The minimum Gasteiger partial charge on any atom is -0.369 e. The summed E-state index contributed by atoms with van der Waals surface area (Å²) in [7, 11) is 0. The summed E-state index contributed by atoms with van der Waals surface area (Å²) in [5.74, 6) is 0.0806. The highest BCUT2D eigenvalue weighted by molar-refractivity contribution is 6.32. The fraction of sp³-hybridized carbons (Fsp3) is 0.500. The van der Waals surface area contributed by atoms with E-state index in [1.54, 1.807) is 6.07 Å². The molecule has 0 aliphatic heterocycles. The van der Waals surface area contributed by atoms with E-state index in [0.717, 1.165) is 12.1 Å². The Hall–Kier alpha value is -0.840. The zero-order valence-electron chi connectivity index (χ0n) is 10.5. The molecule has 2 N–H and O–H groups in total. The zero-order chi connectivity index (χ0) is 13.7. The monoisotopic (exact) mass is 289 g/mol. The fourth-order valence-corrected chi connectivity index (χ4v) is 2.13. The summed E-state index contributed by atoms with van der Waals surface area (Å²) in [6, 6.07) is 3.49. The number of nitrogens with zero attached hydrogens (tertiary/aromatic N) is 2. The second-order valence-corrected chi connectivity index (χ2v) is 5.36. The Kier molecular flexibility index (Phi) is 5.85. The highest BCUT2D eigenvalue weighted by atomic mass is 35.5. The van der Waals surface area contributed by atoms with Gasteiger partial charge < -0.3 is 5.73 Å². The molecule has 0 unspecified atom stereocenters. The van der Waals surface area contributed by atoms with Gasteiger partial charge in [0, 0.05) is 18.7 Å². The quantitative estimate of drug-likeness (QED) is 0.818. The van der Waals surface area contributed by atoms with Gasteiger partial charge in [0.15, 0.2) is 0 Å². The molecule has 0 aliphatic carbocycles. The maximum atomic E-state index is 11.0. The molecule has 1 aromatic heterocycles. The molecule has 18 heavy (non-hydrogen) atoms. The zero-order valence-corrected chi connectivity index (χ0v) is 12.0. The van der Waals surface area contributed by atoms with Gasteiger partial charge in [-0.1, -0.05) is 43.1 Å². The van der Waals surface area contributed by atoms with Crippen LogP contribution in [0.3, 0.4) is 0 Å². The number of rotatable bonds is 6. The molecule has 0 spiro atoms. The van der Waals surface area contributed by atoms with E-state index in [2.05, 4.69) is 18.8 Å². The minimum atomic E-state index is -0.353. The minimum absolute atomic E-state index is 0.205. The van der Waals surface area contributed by atoms with Crippen molar-refractivity contribution in [3.8, 4) is 0 Å². The lowest BCUT2D eigenvalue weighted by Gasteiger charge is -2.23. The number of aromatic nitrogens is 1. The molecule has 0 saturated carbocycles. The predicted molar refractivity (Wildman–Crippen MR) is 73.6 cm³/mol. The number of hydrogen-bond donors (Lipinski definition) is 1. The van der Waals surface area contributed by atoms with Crippen LogP contribution in [0.1, 0.15) is 19.4 Å². The number of carbonyl (C=O) groups is 1. The molecular formula is C12H17Cl2N3O. The number of pyridine rings is 1. The molecule has 0 aromatic carbocycles. The van der Waals surface area contributed by atoms with Crippen LogP contribution in [0.15, 0.2) is 12.1 Å². The first-order valence-electron chi connectivity index (χ1n) is 5.70.